The van der Waals surface area contributed by atoms with E-state index in [4.69, 9.17) is 0 Å². The number of likely N-dealkylation sites (N-methyl/N-ethyl adjacent to an activating group) is 1. The fourth-order valence-corrected chi connectivity index (χ4v) is 4.81. The lowest BCUT2D eigenvalue weighted by molar-refractivity contribution is -0.883. The van der Waals surface area contributed by atoms with E-state index in [2.05, 4.69) is 9.47 Å². The molecule has 0 bridgehead atoms. The molecule has 0 saturated heterocycles. The molecule has 0 heterocycles. The first kappa shape index (κ1) is 68.0. The van der Waals surface area contributed by atoms with Gasteiger partial charge in [-0.25, -0.2) is 0 Å². The minimum absolute atomic E-state index is 0.710. The van der Waals surface area contributed by atoms with E-state index < -0.39 is 176 Å². The van der Waals surface area contributed by atoms with E-state index in [1.54, 1.807) is 5.32 Å². The van der Waals surface area contributed by atoms with Gasteiger partial charge < -0.3 is 23.9 Å². The number of halogens is 34. The number of ether oxygens (including phenoxy) is 2. The summed E-state index contributed by atoms with van der Waals surface area (Å²) in [5, 5.41) is 12.6. The van der Waals surface area contributed by atoms with Crippen LogP contribution in [0.25, 0.3) is 0 Å². The van der Waals surface area contributed by atoms with Gasteiger partial charge in [-0.05, 0) is 0 Å². The topological polar surface area (TPSA) is 105 Å². The second-order valence-corrected chi connectivity index (χ2v) is 15.1. The van der Waals surface area contributed by atoms with Crippen molar-refractivity contribution in [2.45, 2.75) is 121 Å². The predicted octanol–water partition coefficient (Wildman–Crippen LogP) is 9.05. The first-order valence-electron chi connectivity index (χ1n) is 17.5. The van der Waals surface area contributed by atoms with Gasteiger partial charge in [-0.2, -0.15) is 149 Å². The van der Waals surface area contributed by atoms with Gasteiger partial charge in [-0.15, -0.1) is 0 Å². The van der Waals surface area contributed by atoms with Crippen molar-refractivity contribution in [2.24, 2.45) is 0 Å². The van der Waals surface area contributed by atoms with Crippen LogP contribution in [0.15, 0.2) is 0 Å². The predicted molar refractivity (Wildman–Crippen MR) is 156 cm³/mol. The fraction of sp³-hybridized carbons (Fsp3) is 0.900. The van der Waals surface area contributed by atoms with E-state index in [9.17, 15) is 169 Å². The van der Waals surface area contributed by atoms with Gasteiger partial charge in [0, 0.05) is 6.54 Å². The first-order valence-corrected chi connectivity index (χ1v) is 17.5. The Kier molecular flexibility index (Phi) is 18.8. The quantitative estimate of drug-likeness (QED) is 0.0498. The number of nitrogens with zero attached hydrogens (tertiary/aromatic N) is 1. The Hall–Kier alpha value is -4.05. The summed E-state index contributed by atoms with van der Waals surface area (Å²) in [4.78, 5) is 35.6. The Morgan fingerprint density at radius 1 is 0.431 bits per heavy atom. The highest BCUT2D eigenvalue weighted by Crippen LogP contribution is 2.66. The number of alkyl halides is 34. The van der Waals surface area contributed by atoms with Crippen molar-refractivity contribution >= 4 is 17.9 Å². The molecule has 0 fully saturated rings. The van der Waals surface area contributed by atoms with Gasteiger partial charge in [0.25, 0.3) is 0 Å². The minimum Gasteiger partial charge on any atom is -0.544 e. The lowest BCUT2D eigenvalue weighted by Crippen LogP contribution is -2.74. The van der Waals surface area contributed by atoms with Gasteiger partial charge in [-0.3, -0.25) is 14.9 Å². The van der Waals surface area contributed by atoms with Crippen molar-refractivity contribution in [1.29, 1.82) is 0 Å². The molecule has 0 saturated carbocycles. The molecule has 0 aromatic heterocycles. The van der Waals surface area contributed by atoms with Crippen molar-refractivity contribution < 1.29 is 183 Å². The Labute approximate surface area is 374 Å². The van der Waals surface area contributed by atoms with E-state index in [1.807, 2.05) is 0 Å². The van der Waals surface area contributed by atoms with Crippen LogP contribution in [-0.4, -0.2) is 171 Å². The third kappa shape index (κ3) is 11.4. The average molecular weight is 1150 g/mol. The molecule has 0 aromatic rings. The molecule has 72 heavy (non-hydrogen) atoms. The van der Waals surface area contributed by atoms with Crippen LogP contribution in [0.5, 0.6) is 0 Å². The molecule has 428 valence electrons. The molecular formula is C30H24F34N2O6. The van der Waals surface area contributed by atoms with E-state index in [-0.39, 0.29) is 0 Å². The standard InChI is InChI=1S/C30H24F34N2O6/c1-66(2,10-12(67)68)6-5-65-11(14(70)72-8-4-16(33,34)18(37,38)20(41,42)22(45,46)24(49,50)26(53,54)28(57,58)30(62,63)64)9-13(69)71-7-3-15(31,32)17(35,36)19(39,40)21(43,44)23(47,48)25(51,52)27(55,56)29(59,60)61/h11,65H,3-10H2,1-2H3. The van der Waals surface area contributed by atoms with Crippen molar-refractivity contribution in [2.75, 3.05) is 46.9 Å². The smallest absolute Gasteiger partial charge is 0.460 e. The lowest BCUT2D eigenvalue weighted by Gasteiger charge is -2.42. The Bertz CT molecular complexity index is 1910. The minimum atomic E-state index is -9.05. The van der Waals surface area contributed by atoms with Crippen molar-refractivity contribution in [1.82, 2.24) is 5.32 Å². The molecule has 0 aromatic carbocycles. The zero-order valence-electron chi connectivity index (χ0n) is 34.0. The maximum Gasteiger partial charge on any atom is 0.460 e. The molecular weight excluding hydrogens is 1130 g/mol. The van der Waals surface area contributed by atoms with Gasteiger partial charge in [0.1, 0.15) is 12.6 Å². The molecule has 1 atom stereocenters. The molecule has 0 rings (SSSR count). The molecule has 42 heteroatoms. The van der Waals surface area contributed by atoms with Gasteiger partial charge in [-0.1, -0.05) is 0 Å². The van der Waals surface area contributed by atoms with Crippen LogP contribution in [0.3, 0.4) is 0 Å². The summed E-state index contributed by atoms with van der Waals surface area (Å²) in [6, 6.07) is -2.86. The normalized spacial score (nSPS) is 16.2. The van der Waals surface area contributed by atoms with Crippen LogP contribution in [-0.2, 0) is 23.9 Å². The van der Waals surface area contributed by atoms with E-state index in [1.165, 1.54) is 0 Å². The van der Waals surface area contributed by atoms with E-state index in [0.29, 0.717) is 0 Å². The highest BCUT2D eigenvalue weighted by Gasteiger charge is 2.97. The van der Waals surface area contributed by atoms with Crippen LogP contribution in [0.2, 0.25) is 0 Å². The summed E-state index contributed by atoms with van der Waals surface area (Å²) in [5.74, 6) is -127. The van der Waals surface area contributed by atoms with Crippen LogP contribution >= 0.6 is 0 Å². The maximum absolute atomic E-state index is 14.3. The van der Waals surface area contributed by atoms with Crippen LogP contribution in [0.4, 0.5) is 149 Å². The van der Waals surface area contributed by atoms with Crippen LogP contribution in [0, 0.1) is 0 Å². The van der Waals surface area contributed by atoms with Crippen LogP contribution < -0.4 is 10.4 Å². The molecule has 0 aliphatic rings. The Morgan fingerprint density at radius 3 is 0.972 bits per heavy atom. The third-order valence-electron chi connectivity index (χ3n) is 9.23. The Balaban J connectivity index is 6.63. The monoisotopic (exact) mass is 1150 g/mol. The second-order valence-electron chi connectivity index (χ2n) is 15.1. The third-order valence-corrected chi connectivity index (χ3v) is 9.23. The van der Waals surface area contributed by atoms with E-state index in [0.717, 1.165) is 14.1 Å². The number of carbonyl (C=O) groups is 3. The number of carbonyl (C=O) groups excluding carboxylic acids is 3. The maximum atomic E-state index is 14.3. The number of esters is 2. The van der Waals surface area contributed by atoms with Gasteiger partial charge >= 0.3 is 107 Å². The van der Waals surface area contributed by atoms with E-state index >= 15 is 0 Å². The molecule has 0 aliphatic carbocycles. The van der Waals surface area contributed by atoms with Gasteiger partial charge in [0.2, 0.25) is 0 Å². The molecule has 0 spiro atoms. The second kappa shape index (κ2) is 19.9. The number of nitrogens with one attached hydrogen (secondary N) is 1. The van der Waals surface area contributed by atoms with Gasteiger partial charge in [0.05, 0.1) is 59.1 Å². The summed E-state index contributed by atoms with van der Waals surface area (Å²) in [5.41, 5.74) is 0. The molecule has 1 N–H and O–H groups in total. The molecule has 0 aliphatic heterocycles. The highest BCUT2D eigenvalue weighted by atomic mass is 19.4. The summed E-state index contributed by atoms with van der Waals surface area (Å²) >= 11 is 0. The highest BCUT2D eigenvalue weighted by molar-refractivity contribution is 5.82. The molecule has 0 radical (unpaired) electrons. The first-order chi connectivity index (χ1) is 31.0. The van der Waals surface area contributed by atoms with Crippen molar-refractivity contribution in [3.63, 3.8) is 0 Å². The number of quaternary nitrogens is 1. The average Bonchev–Trinajstić information content (AvgIpc) is 3.14. The molecule has 1 unspecified atom stereocenters. The zero-order chi connectivity index (χ0) is 58.6. The summed E-state index contributed by atoms with van der Waals surface area (Å²) < 4.78 is 466. The largest absolute Gasteiger partial charge is 0.544 e. The SMILES string of the molecule is C[N+](C)(CCNC(CC(=O)OCCC(F)(F)C(F)(F)C(F)(F)C(F)(F)C(F)(F)C(F)(F)C(F)(F)C(F)(F)F)C(=O)OCCC(F)(F)C(F)(F)C(F)(F)C(F)(F)C(F)(F)C(F)(F)C(F)(F)C(F)(F)F)CC(=O)[O-]. The van der Waals surface area contributed by atoms with Crippen molar-refractivity contribution in [3.05, 3.63) is 0 Å². The number of carboxylic acids is 1. The number of aliphatic carboxylic acids is 1. The number of hydrogen-bond acceptors (Lipinski definition) is 7. The lowest BCUT2D eigenvalue weighted by atomic mass is 9.88. The van der Waals surface area contributed by atoms with Gasteiger partial charge in [0.15, 0.2) is 0 Å². The van der Waals surface area contributed by atoms with Crippen molar-refractivity contribution in [3.8, 4) is 0 Å². The number of rotatable bonds is 27. The van der Waals surface area contributed by atoms with Crippen LogP contribution in [0.1, 0.15) is 19.3 Å². The number of hydrogen-bond donors (Lipinski definition) is 1. The summed E-state index contributed by atoms with van der Waals surface area (Å²) in [6.07, 6.45) is -25.2. The molecule has 0 amide bonds. The zero-order valence-corrected chi connectivity index (χ0v) is 34.0. The fourth-order valence-electron chi connectivity index (χ4n) is 4.81. The molecule has 8 nitrogen and oxygen atoms in total. The summed E-state index contributed by atoms with van der Waals surface area (Å²) in [6.45, 7) is -8.18. The summed E-state index contributed by atoms with van der Waals surface area (Å²) in [7, 11) is 1.94. The Morgan fingerprint density at radius 2 is 0.694 bits per heavy atom. The number of carboxylic acid groups (broad SMARTS) is 1.